The molecule has 83 heavy (non-hydrogen) atoms. The molecule has 3 aromatic heterocycles. The number of anilines is 4. The van der Waals surface area contributed by atoms with Gasteiger partial charge in [0.2, 0.25) is 0 Å². The predicted octanol–water partition coefficient (Wildman–Crippen LogP) is 15.3. The van der Waals surface area contributed by atoms with Crippen LogP contribution in [0.4, 0.5) is 22.7 Å². The number of H-pyrrole nitrogens is 2. The Morgan fingerprint density at radius 1 is 0.301 bits per heavy atom. The van der Waals surface area contributed by atoms with E-state index in [4.69, 9.17) is 48.9 Å². The van der Waals surface area contributed by atoms with E-state index in [-0.39, 0.29) is 0 Å². The van der Waals surface area contributed by atoms with E-state index in [1.165, 1.54) is 0 Å². The second kappa shape index (κ2) is 19.4. The summed E-state index contributed by atoms with van der Waals surface area (Å²) in [6.45, 7) is 0. The van der Waals surface area contributed by atoms with Crippen LogP contribution in [0.2, 0.25) is 0 Å². The maximum Gasteiger partial charge on any atom is 0.164 e. The number of nitrogens with one attached hydrogen (secondary N) is 6. The van der Waals surface area contributed by atoms with Gasteiger partial charge in [-0.1, -0.05) is 103 Å². The lowest BCUT2D eigenvalue weighted by molar-refractivity contribution is 0.415. The van der Waals surface area contributed by atoms with Crippen LogP contribution in [-0.2, 0) is 0 Å². The first-order chi connectivity index (χ1) is 40.7. The van der Waals surface area contributed by atoms with Crippen molar-refractivity contribution in [2.75, 3.05) is 47.3 Å². The second-order valence-corrected chi connectivity index (χ2v) is 24.9. The van der Waals surface area contributed by atoms with Crippen LogP contribution in [0.5, 0.6) is 23.0 Å². The van der Waals surface area contributed by atoms with Crippen LogP contribution >= 0.6 is 9.04 Å². The lowest BCUT2D eigenvalue weighted by Gasteiger charge is -2.82. The highest BCUT2D eigenvalue weighted by atomic mass is 32.4. The van der Waals surface area contributed by atoms with Gasteiger partial charge >= 0.3 is 0 Å². The Balaban J connectivity index is 1.23. The van der Waals surface area contributed by atoms with Crippen LogP contribution in [0.15, 0.2) is 228 Å². The Morgan fingerprint density at radius 3 is 0.988 bits per heavy atom. The van der Waals surface area contributed by atoms with Gasteiger partial charge in [0.1, 0.15) is 45.6 Å². The Bertz CT molecular complexity index is 4450. The van der Waals surface area contributed by atoms with Crippen LogP contribution in [0, 0.1) is 0 Å². The lowest BCUT2D eigenvalue weighted by atomic mass is 10.1. The fourth-order valence-corrected chi connectivity index (χ4v) is 17.7. The third-order valence-electron chi connectivity index (χ3n) is 15.3. The quantitative estimate of drug-likeness (QED) is 0.0602. The minimum Gasteiger partial charge on any atom is -0.497 e. The number of methoxy groups -OCH3 is 4. The van der Waals surface area contributed by atoms with E-state index in [9.17, 15) is 0 Å². The third kappa shape index (κ3) is 8.15. The SMILES string of the molecule is COc1ccc(NS(Nc2ccc(OC)cc2)(Nc2ccc(OC)cc2)(Nc2ccc(OC)cc2)(c2ccccc2)c2cccc3c4nc5nc(nc6[nH]c(nc7nc(nc([nH]4)c23)-c2ccccc2-7)c2ccccc62)-c2ccccc2-5)cc1. The summed E-state index contributed by atoms with van der Waals surface area (Å²) in [6, 6.07) is 72.3. The van der Waals surface area contributed by atoms with Gasteiger partial charge in [0.05, 0.1) is 33.3 Å². The van der Waals surface area contributed by atoms with Crippen LogP contribution in [0.1, 0.15) is 0 Å². The third-order valence-corrected chi connectivity index (χ3v) is 21.2. The summed E-state index contributed by atoms with van der Waals surface area (Å²) in [4.78, 5) is 41.2. The van der Waals surface area contributed by atoms with Gasteiger partial charge in [0.25, 0.3) is 0 Å². The Morgan fingerprint density at radius 2 is 0.614 bits per heavy atom. The van der Waals surface area contributed by atoms with Crippen LogP contribution in [0.3, 0.4) is 0 Å². The minimum atomic E-state index is -5.71. The van der Waals surface area contributed by atoms with E-state index in [1.807, 2.05) is 188 Å². The molecule has 0 radical (unpaired) electrons. The standard InChI is InChI=1S/C66H54N12O4S/c1-79-45-33-25-41(26-34-45)75-83(49-15-6-5-7-16-49,76-42-27-35-46(80-2)36-28-42,77-43-29-37-47(81-3)38-30-43,78-44-31-39-48(82-4)40-32-44)57-24-14-23-56-58(57)66-73-64-55-22-13-12-21-54(55)62(71-64)69-60-51-18-9-8-17-50(51)59(67-60)68-61-52-19-10-11-20-53(52)63(70-61)72-65(56)74-66/h5-40,75-78H,1-4H3,(H2,67,68,69,70,71,72,73,74). The molecule has 0 aliphatic carbocycles. The summed E-state index contributed by atoms with van der Waals surface area (Å²) in [5, 5.41) is 3.14. The number of ether oxygens (including phenoxy) is 4. The molecule has 0 fully saturated rings. The predicted molar refractivity (Wildman–Crippen MR) is 333 cm³/mol. The monoisotopic (exact) mass is 1110 g/mol. The van der Waals surface area contributed by atoms with Crippen molar-refractivity contribution in [3.05, 3.63) is 218 Å². The van der Waals surface area contributed by atoms with E-state index < -0.39 is 9.04 Å². The number of nitrogens with zero attached hydrogens (tertiary/aromatic N) is 6. The summed E-state index contributed by atoms with van der Waals surface area (Å²) in [7, 11) is 0.919. The molecule has 0 saturated heterocycles. The van der Waals surface area contributed by atoms with Crippen LogP contribution in [0.25, 0.3) is 89.7 Å². The molecule has 0 spiro atoms. The van der Waals surface area contributed by atoms with Crippen molar-refractivity contribution in [1.82, 2.24) is 39.9 Å². The fraction of sp³-hybridized carbons (Fsp3) is 0.0606. The molecule has 0 unspecified atom stereocenters. The normalized spacial score (nSPS) is 12.5. The summed E-state index contributed by atoms with van der Waals surface area (Å²) >= 11 is 0. The summed E-state index contributed by atoms with van der Waals surface area (Å²) in [5.41, 5.74) is 8.14. The van der Waals surface area contributed by atoms with Gasteiger partial charge < -0.3 is 47.8 Å². The summed E-state index contributed by atoms with van der Waals surface area (Å²) in [6.07, 6.45) is 0. The molecule has 5 heterocycles. The van der Waals surface area contributed by atoms with Gasteiger partial charge in [0, 0.05) is 71.4 Å². The van der Waals surface area contributed by atoms with Gasteiger partial charge in [-0.25, -0.2) is 29.9 Å². The van der Waals surface area contributed by atoms with Crippen molar-refractivity contribution in [3.63, 3.8) is 0 Å². The molecule has 14 rings (SSSR count). The maximum absolute atomic E-state index is 5.81. The molecule has 0 saturated carbocycles. The van der Waals surface area contributed by atoms with Crippen molar-refractivity contribution in [3.8, 4) is 68.5 Å². The molecule has 2 aliphatic heterocycles. The minimum absolute atomic E-state index is 0.431. The Hall–Kier alpha value is -10.9. The number of hydrogen-bond donors (Lipinski definition) is 6. The molecule has 2 aliphatic rings. The smallest absolute Gasteiger partial charge is 0.164 e. The average Bonchev–Trinajstić information content (AvgIpc) is 0.821. The first-order valence-corrected chi connectivity index (χ1v) is 29.2. The van der Waals surface area contributed by atoms with Gasteiger partial charge in [0.15, 0.2) is 23.3 Å². The summed E-state index contributed by atoms with van der Waals surface area (Å²) in [5.74, 6) is 4.55. The fourth-order valence-electron chi connectivity index (χ4n) is 11.4. The molecular formula is C66H54N12O4S. The van der Waals surface area contributed by atoms with Crippen LogP contribution in [-0.4, -0.2) is 68.3 Å². The number of benzene rings is 9. The van der Waals surface area contributed by atoms with Gasteiger partial charge in [-0.3, -0.25) is 0 Å². The Kier molecular flexibility index (Phi) is 11.8. The highest BCUT2D eigenvalue weighted by molar-refractivity contribution is 8.68. The molecule has 12 aromatic rings. The lowest BCUT2D eigenvalue weighted by Crippen LogP contribution is -2.60. The van der Waals surface area contributed by atoms with Crippen molar-refractivity contribution in [2.24, 2.45) is 0 Å². The van der Waals surface area contributed by atoms with Crippen molar-refractivity contribution >= 4 is 75.9 Å². The topological polar surface area (TPSA) is 194 Å². The molecule has 0 amide bonds. The van der Waals surface area contributed by atoms with E-state index in [1.54, 1.807) is 28.4 Å². The molecule has 8 bridgehead atoms. The average molecular weight is 1110 g/mol. The molecule has 17 heteroatoms. The van der Waals surface area contributed by atoms with Crippen molar-refractivity contribution in [1.29, 1.82) is 0 Å². The largest absolute Gasteiger partial charge is 0.497 e. The zero-order valence-corrected chi connectivity index (χ0v) is 46.3. The van der Waals surface area contributed by atoms with Crippen molar-refractivity contribution in [2.45, 2.75) is 9.79 Å². The van der Waals surface area contributed by atoms with Gasteiger partial charge in [-0.15, -0.1) is 0 Å². The number of fused-ring (bicyclic) bond motifs is 20. The van der Waals surface area contributed by atoms with Gasteiger partial charge in [-0.05, 0) is 124 Å². The molecule has 6 N–H and O–H groups in total. The summed E-state index contributed by atoms with van der Waals surface area (Å²) < 4.78 is 40.7. The zero-order valence-electron chi connectivity index (χ0n) is 45.5. The number of aromatic amines is 2. The first kappa shape index (κ1) is 50.3. The zero-order chi connectivity index (χ0) is 56.2. The van der Waals surface area contributed by atoms with E-state index in [0.29, 0.717) is 107 Å². The Labute approximate surface area is 476 Å². The van der Waals surface area contributed by atoms with Crippen LogP contribution < -0.4 is 37.8 Å². The number of aromatic nitrogens is 8. The number of rotatable bonds is 14. The molecule has 408 valence electrons. The molecule has 16 nitrogen and oxygen atoms in total. The maximum atomic E-state index is 5.81. The van der Waals surface area contributed by atoms with Crippen molar-refractivity contribution < 1.29 is 18.9 Å². The van der Waals surface area contributed by atoms with E-state index in [2.05, 4.69) is 59.2 Å². The van der Waals surface area contributed by atoms with Gasteiger partial charge in [-0.2, -0.15) is 0 Å². The van der Waals surface area contributed by atoms with E-state index >= 15 is 0 Å². The molecular weight excluding hydrogens is 1060 g/mol. The highest BCUT2D eigenvalue weighted by Crippen LogP contribution is 2.95. The highest BCUT2D eigenvalue weighted by Gasteiger charge is 2.64. The molecule has 9 aromatic carbocycles. The second-order valence-electron chi connectivity index (χ2n) is 20.1. The number of hydrogen-bond acceptors (Lipinski definition) is 14. The first-order valence-electron chi connectivity index (χ1n) is 26.8. The molecule has 0 atom stereocenters. The van der Waals surface area contributed by atoms with E-state index in [0.717, 1.165) is 37.9 Å².